The van der Waals surface area contributed by atoms with Crippen molar-refractivity contribution in [3.05, 3.63) is 59.7 Å². The number of Topliss-reactive ketones (excluding diaryl/α,β-unsaturated/α-hetero) is 1. The molecule has 1 fully saturated rings. The maximum atomic E-state index is 12.3. The topological polar surface area (TPSA) is 26.3 Å². The first-order chi connectivity index (χ1) is 10.8. The summed E-state index contributed by atoms with van der Waals surface area (Å²) < 4.78 is 5.89. The molecule has 0 unspecified atom stereocenters. The van der Waals surface area contributed by atoms with Gasteiger partial charge in [-0.05, 0) is 37.0 Å². The highest BCUT2D eigenvalue weighted by molar-refractivity contribution is 6.03. The molecule has 0 radical (unpaired) electrons. The molecule has 0 aromatic heterocycles. The minimum absolute atomic E-state index is 0.0662. The Kier molecular flexibility index (Phi) is 4.56. The number of rotatable bonds is 4. The molecule has 1 heterocycles. The van der Waals surface area contributed by atoms with E-state index in [0.29, 0.717) is 18.6 Å². The lowest BCUT2D eigenvalue weighted by molar-refractivity contribution is -0.115. The Morgan fingerprint density at radius 2 is 2.09 bits per heavy atom. The molecule has 1 aliphatic carbocycles. The van der Waals surface area contributed by atoms with Gasteiger partial charge < -0.3 is 4.74 Å². The van der Waals surface area contributed by atoms with Crippen molar-refractivity contribution < 1.29 is 9.53 Å². The molecule has 2 heteroatoms. The smallest absolute Gasteiger partial charge is 0.172 e. The number of unbranched alkanes of at least 4 members (excludes halogenated alkanes) is 1. The third kappa shape index (κ3) is 3.05. The van der Waals surface area contributed by atoms with E-state index in [9.17, 15) is 4.79 Å². The Morgan fingerprint density at radius 3 is 2.86 bits per heavy atom. The molecule has 1 aliphatic heterocycles. The van der Waals surface area contributed by atoms with Gasteiger partial charge in [-0.1, -0.05) is 36.1 Å². The molecule has 0 bridgehead atoms. The summed E-state index contributed by atoms with van der Waals surface area (Å²) in [5, 5.41) is 0. The van der Waals surface area contributed by atoms with Gasteiger partial charge >= 0.3 is 0 Å². The quantitative estimate of drug-likeness (QED) is 0.481. The van der Waals surface area contributed by atoms with E-state index >= 15 is 0 Å². The number of carbonyl (C=O) groups excluding carboxylic acids is 1. The maximum absolute atomic E-state index is 12.3. The summed E-state index contributed by atoms with van der Waals surface area (Å²) in [7, 11) is 0. The Morgan fingerprint density at radius 1 is 1.27 bits per heavy atom. The molecular formula is C20H20O2. The third-order valence-electron chi connectivity index (χ3n) is 4.26. The Labute approximate surface area is 131 Å². The van der Waals surface area contributed by atoms with Gasteiger partial charge in [-0.15, -0.1) is 6.58 Å². The van der Waals surface area contributed by atoms with Gasteiger partial charge in [0, 0.05) is 17.9 Å². The SMILES string of the molecule is C=CCCC[C@H]1OC[C@@H]2CC(=O)C(C#Cc3ccccc3)=C21. The van der Waals surface area contributed by atoms with E-state index in [0.717, 1.165) is 30.4 Å². The van der Waals surface area contributed by atoms with Crippen LogP contribution in [0.4, 0.5) is 0 Å². The molecule has 0 saturated carbocycles. The highest BCUT2D eigenvalue weighted by Crippen LogP contribution is 2.40. The zero-order valence-corrected chi connectivity index (χ0v) is 12.7. The van der Waals surface area contributed by atoms with Crippen molar-refractivity contribution >= 4 is 5.78 Å². The minimum Gasteiger partial charge on any atom is -0.373 e. The second-order valence-electron chi connectivity index (χ2n) is 5.81. The lowest BCUT2D eigenvalue weighted by Gasteiger charge is -2.11. The molecule has 2 aliphatic rings. The number of fused-ring (bicyclic) bond motifs is 1. The normalized spacial score (nSPS) is 23.2. The van der Waals surface area contributed by atoms with Gasteiger partial charge in [0.2, 0.25) is 0 Å². The van der Waals surface area contributed by atoms with Crippen LogP contribution in [0.3, 0.4) is 0 Å². The van der Waals surface area contributed by atoms with Gasteiger partial charge in [-0.2, -0.15) is 0 Å². The molecule has 3 rings (SSSR count). The van der Waals surface area contributed by atoms with Crippen LogP contribution >= 0.6 is 0 Å². The van der Waals surface area contributed by atoms with E-state index in [2.05, 4.69) is 18.4 Å². The van der Waals surface area contributed by atoms with E-state index in [4.69, 9.17) is 4.74 Å². The number of ketones is 1. The number of benzene rings is 1. The summed E-state index contributed by atoms with van der Waals surface area (Å²) in [6, 6.07) is 9.80. The first-order valence-corrected chi connectivity index (χ1v) is 7.86. The van der Waals surface area contributed by atoms with Gasteiger partial charge in [0.15, 0.2) is 5.78 Å². The average Bonchev–Trinajstić information content (AvgIpc) is 3.06. The highest BCUT2D eigenvalue weighted by atomic mass is 16.5. The largest absolute Gasteiger partial charge is 0.373 e. The van der Waals surface area contributed by atoms with Crippen molar-refractivity contribution in [3.8, 4) is 11.8 Å². The summed E-state index contributed by atoms with van der Waals surface area (Å²) in [6.07, 6.45) is 5.52. The van der Waals surface area contributed by atoms with Crippen molar-refractivity contribution in [2.24, 2.45) is 5.92 Å². The van der Waals surface area contributed by atoms with E-state index in [1.807, 2.05) is 36.4 Å². The molecule has 0 spiro atoms. The van der Waals surface area contributed by atoms with Crippen LogP contribution in [0.25, 0.3) is 0 Å². The Bertz CT molecular complexity index is 658. The van der Waals surface area contributed by atoms with Crippen LogP contribution in [0.2, 0.25) is 0 Å². The fraction of sp³-hybridized carbons (Fsp3) is 0.350. The number of hydrogen-bond acceptors (Lipinski definition) is 2. The monoisotopic (exact) mass is 292 g/mol. The zero-order valence-electron chi connectivity index (χ0n) is 12.7. The maximum Gasteiger partial charge on any atom is 0.172 e. The summed E-state index contributed by atoms with van der Waals surface area (Å²) in [6.45, 7) is 4.42. The molecule has 2 atom stereocenters. The van der Waals surface area contributed by atoms with E-state index in [1.165, 1.54) is 0 Å². The highest BCUT2D eigenvalue weighted by Gasteiger charge is 2.40. The summed E-state index contributed by atoms with van der Waals surface area (Å²) in [5.41, 5.74) is 2.79. The number of ether oxygens (including phenoxy) is 1. The molecule has 1 saturated heterocycles. The Balaban J connectivity index is 1.84. The number of carbonyl (C=O) groups is 1. The van der Waals surface area contributed by atoms with Crippen LogP contribution in [-0.4, -0.2) is 18.5 Å². The number of allylic oxidation sites excluding steroid dienone is 2. The van der Waals surface area contributed by atoms with Gasteiger partial charge in [0.1, 0.15) is 0 Å². The van der Waals surface area contributed by atoms with E-state index in [-0.39, 0.29) is 17.8 Å². The summed E-state index contributed by atoms with van der Waals surface area (Å²) in [4.78, 5) is 12.3. The lowest BCUT2D eigenvalue weighted by Crippen LogP contribution is -2.10. The fourth-order valence-corrected chi connectivity index (χ4v) is 3.18. The summed E-state index contributed by atoms with van der Waals surface area (Å²) in [5.74, 6) is 6.67. The second-order valence-corrected chi connectivity index (χ2v) is 5.81. The van der Waals surface area contributed by atoms with Crippen LogP contribution in [0.15, 0.2) is 54.1 Å². The molecule has 22 heavy (non-hydrogen) atoms. The van der Waals surface area contributed by atoms with Gasteiger partial charge in [-0.25, -0.2) is 0 Å². The van der Waals surface area contributed by atoms with Gasteiger partial charge in [0.25, 0.3) is 0 Å². The van der Waals surface area contributed by atoms with Crippen molar-refractivity contribution in [3.63, 3.8) is 0 Å². The first-order valence-electron chi connectivity index (χ1n) is 7.86. The Hall–Kier alpha value is -2.11. The number of hydrogen-bond donors (Lipinski definition) is 0. The fourth-order valence-electron chi connectivity index (χ4n) is 3.18. The molecule has 1 aromatic rings. The molecular weight excluding hydrogens is 272 g/mol. The van der Waals surface area contributed by atoms with Crippen molar-refractivity contribution in [2.45, 2.75) is 31.8 Å². The van der Waals surface area contributed by atoms with E-state index in [1.54, 1.807) is 0 Å². The predicted octanol–water partition coefficient (Wildman–Crippen LogP) is 3.68. The van der Waals surface area contributed by atoms with Crippen LogP contribution < -0.4 is 0 Å². The lowest BCUT2D eigenvalue weighted by atomic mass is 9.96. The second kappa shape index (κ2) is 6.77. The third-order valence-corrected chi connectivity index (χ3v) is 4.26. The minimum atomic E-state index is 0.0662. The molecule has 112 valence electrons. The van der Waals surface area contributed by atoms with Gasteiger partial charge in [0.05, 0.1) is 18.3 Å². The summed E-state index contributed by atoms with van der Waals surface area (Å²) >= 11 is 0. The van der Waals surface area contributed by atoms with Crippen LogP contribution in [0, 0.1) is 17.8 Å². The van der Waals surface area contributed by atoms with Crippen LogP contribution in [-0.2, 0) is 9.53 Å². The van der Waals surface area contributed by atoms with Crippen LogP contribution in [0.1, 0.15) is 31.2 Å². The van der Waals surface area contributed by atoms with E-state index < -0.39 is 0 Å². The molecule has 2 nitrogen and oxygen atoms in total. The molecule has 0 N–H and O–H groups in total. The standard InChI is InChI=1S/C20H20O2/c1-2-3-5-10-19-20-16(14-22-19)13-18(21)17(20)12-11-15-8-6-4-7-9-15/h2,4,6-9,16,19H,1,3,5,10,13-14H2/t16-,19+/m0/s1. The van der Waals surface area contributed by atoms with Crippen LogP contribution in [0.5, 0.6) is 0 Å². The molecule has 0 amide bonds. The average molecular weight is 292 g/mol. The van der Waals surface area contributed by atoms with Crippen molar-refractivity contribution in [1.29, 1.82) is 0 Å². The van der Waals surface area contributed by atoms with Gasteiger partial charge in [-0.3, -0.25) is 4.79 Å². The van der Waals surface area contributed by atoms with Crippen molar-refractivity contribution in [1.82, 2.24) is 0 Å². The first kappa shape index (κ1) is 14.8. The van der Waals surface area contributed by atoms with Crippen molar-refractivity contribution in [2.75, 3.05) is 6.61 Å². The molecule has 1 aromatic carbocycles. The zero-order chi connectivity index (χ0) is 15.4. The predicted molar refractivity (Wildman–Crippen MR) is 87.2 cm³/mol.